The summed E-state index contributed by atoms with van der Waals surface area (Å²) >= 11 is 0. The molecule has 3 nitrogen and oxygen atoms in total. The Morgan fingerprint density at radius 3 is 1.84 bits per heavy atom. The number of aromatic nitrogens is 1. The van der Waals surface area contributed by atoms with Gasteiger partial charge in [0.15, 0.2) is 0 Å². The predicted octanol–water partition coefficient (Wildman–Crippen LogP) is 9.45. The smallest absolute Gasteiger partial charge is 0.198 e. The molecule has 0 saturated carbocycles. The zero-order valence-corrected chi connectivity index (χ0v) is 24.7. The third-order valence-corrected chi connectivity index (χ3v) is 9.43. The number of rotatable bonds is 4. The Morgan fingerprint density at radius 1 is 0.500 bits per heavy atom. The average molecular weight is 565 g/mol. The molecule has 0 amide bonds. The molecule has 2 aliphatic rings. The van der Waals surface area contributed by atoms with E-state index in [1.54, 1.807) is 0 Å². The summed E-state index contributed by atoms with van der Waals surface area (Å²) in [5.41, 5.74) is 12.3. The molecule has 208 valence electrons. The second kappa shape index (κ2) is 9.23. The van der Waals surface area contributed by atoms with Crippen molar-refractivity contribution in [3.05, 3.63) is 168 Å². The van der Waals surface area contributed by atoms with Crippen molar-refractivity contribution in [2.45, 2.75) is 19.3 Å². The number of aliphatic imine (C=N–C) groups is 1. The van der Waals surface area contributed by atoms with Gasteiger partial charge in [-0.25, -0.2) is 0 Å². The molecule has 3 heteroatoms. The molecule has 0 spiro atoms. The zero-order chi connectivity index (χ0) is 29.4. The normalized spacial score (nSPS) is 14.8. The number of hydrogen-bond acceptors (Lipinski definition) is 1. The Balaban J connectivity index is 1.39. The highest BCUT2D eigenvalue weighted by atomic mass is 15.6. The summed E-state index contributed by atoms with van der Waals surface area (Å²) in [7, 11) is 0. The summed E-state index contributed by atoms with van der Waals surface area (Å²) in [4.78, 5) is 5.15. The molecule has 1 aliphatic heterocycles. The number of nitrogens with zero attached hydrogens (tertiary/aromatic N) is 3. The van der Waals surface area contributed by atoms with Crippen LogP contribution in [0.5, 0.6) is 0 Å². The van der Waals surface area contributed by atoms with Crippen LogP contribution in [-0.4, -0.2) is 21.0 Å². The molecule has 0 saturated heterocycles. The Bertz CT molecular complexity index is 2320. The fourth-order valence-electron chi connectivity index (χ4n) is 7.21. The average Bonchev–Trinajstić information content (AvgIpc) is 3.49. The first-order valence-electron chi connectivity index (χ1n) is 15.2. The van der Waals surface area contributed by atoms with Crippen molar-refractivity contribution >= 4 is 33.5 Å². The van der Waals surface area contributed by atoms with Crippen LogP contribution in [0.4, 0.5) is 0 Å². The quantitative estimate of drug-likeness (QED) is 0.190. The van der Waals surface area contributed by atoms with Gasteiger partial charge in [-0.3, -0.25) is 0 Å². The summed E-state index contributed by atoms with van der Waals surface area (Å²) in [6.45, 7) is 4.71. The predicted molar refractivity (Wildman–Crippen MR) is 182 cm³/mol. The highest BCUT2D eigenvalue weighted by molar-refractivity contribution is 6.17. The second-order valence-electron chi connectivity index (χ2n) is 12.3. The van der Waals surface area contributed by atoms with Crippen molar-refractivity contribution in [1.82, 2.24) is 4.68 Å². The Morgan fingerprint density at radius 2 is 1.11 bits per heavy atom. The van der Waals surface area contributed by atoms with Crippen LogP contribution in [0.25, 0.3) is 44.1 Å². The van der Waals surface area contributed by atoms with Gasteiger partial charge < -0.3 is 0 Å². The third-order valence-electron chi connectivity index (χ3n) is 9.43. The van der Waals surface area contributed by atoms with Gasteiger partial charge in [0.05, 0.1) is 22.2 Å². The first-order valence-corrected chi connectivity index (χ1v) is 15.2. The van der Waals surface area contributed by atoms with Gasteiger partial charge in [0.2, 0.25) is 0 Å². The van der Waals surface area contributed by atoms with E-state index in [4.69, 9.17) is 4.99 Å². The molecule has 7 aromatic rings. The first kappa shape index (κ1) is 25.0. The molecule has 2 heterocycles. The van der Waals surface area contributed by atoms with Crippen LogP contribution in [0, 0.1) is 0 Å². The van der Waals surface area contributed by atoms with Crippen molar-refractivity contribution < 1.29 is 4.68 Å². The molecule has 1 aromatic heterocycles. The maximum absolute atomic E-state index is 5.15. The van der Waals surface area contributed by atoms with Crippen molar-refractivity contribution in [2.75, 3.05) is 0 Å². The Hall–Kier alpha value is -5.54. The van der Waals surface area contributed by atoms with Gasteiger partial charge in [0.1, 0.15) is 0 Å². The second-order valence-corrected chi connectivity index (χ2v) is 12.3. The topological polar surface area (TPSA) is 20.3 Å². The SMILES string of the molecule is CC1(C)c2ccccc2-c2cc3c4cc(-c5ccccc5)ccc4n([N+]4=C(c5ccccc5)N=C4c4ccccc4)c3cc21. The Labute approximate surface area is 256 Å². The lowest BCUT2D eigenvalue weighted by Crippen LogP contribution is -2.41. The molecular weight excluding hydrogens is 534 g/mol. The van der Waals surface area contributed by atoms with Gasteiger partial charge in [0.25, 0.3) is 11.7 Å². The maximum atomic E-state index is 5.15. The van der Waals surface area contributed by atoms with E-state index < -0.39 is 0 Å². The third kappa shape index (κ3) is 3.50. The minimum absolute atomic E-state index is 0.103. The highest BCUT2D eigenvalue weighted by Crippen LogP contribution is 2.51. The van der Waals surface area contributed by atoms with E-state index in [-0.39, 0.29) is 5.41 Å². The molecule has 0 N–H and O–H groups in total. The molecular formula is C41H30N3+. The van der Waals surface area contributed by atoms with E-state index in [0.717, 1.165) is 28.3 Å². The van der Waals surface area contributed by atoms with Crippen molar-refractivity contribution in [2.24, 2.45) is 4.99 Å². The van der Waals surface area contributed by atoms with Crippen LogP contribution in [0.3, 0.4) is 0 Å². The van der Waals surface area contributed by atoms with E-state index in [1.165, 1.54) is 49.7 Å². The summed E-state index contributed by atoms with van der Waals surface area (Å²) < 4.78 is 4.72. The summed E-state index contributed by atoms with van der Waals surface area (Å²) in [6, 6.07) is 52.4. The molecule has 9 rings (SSSR count). The molecule has 44 heavy (non-hydrogen) atoms. The molecule has 1 aliphatic carbocycles. The fraction of sp³-hybridized carbons (Fsp3) is 0.0732. The van der Waals surface area contributed by atoms with Gasteiger partial charge in [-0.2, -0.15) is 4.68 Å². The van der Waals surface area contributed by atoms with Crippen LogP contribution in [-0.2, 0) is 5.41 Å². The Kier molecular flexibility index (Phi) is 5.24. The minimum atomic E-state index is -0.103. The van der Waals surface area contributed by atoms with Gasteiger partial charge in [-0.1, -0.05) is 116 Å². The highest BCUT2D eigenvalue weighted by Gasteiger charge is 2.39. The molecule has 0 bridgehead atoms. The van der Waals surface area contributed by atoms with E-state index in [0.29, 0.717) is 0 Å². The van der Waals surface area contributed by atoms with E-state index in [2.05, 4.69) is 169 Å². The van der Waals surface area contributed by atoms with Gasteiger partial charge in [0, 0.05) is 16.2 Å². The van der Waals surface area contributed by atoms with Crippen molar-refractivity contribution in [3.63, 3.8) is 0 Å². The van der Waals surface area contributed by atoms with Crippen LogP contribution in [0.1, 0.15) is 36.1 Å². The monoisotopic (exact) mass is 564 g/mol. The standard InChI is InChI=1S/C41H30N3/c1-41(2)35-21-13-12-20-31(35)32-25-34-33-24-30(27-14-6-3-7-15-27)22-23-37(33)43(38(34)26-36(32)41)44-39(28-16-8-4-9-17-28)42-40(44)29-18-10-5-11-19-29/h3-26H,1-2H3/q+1. The molecule has 0 atom stereocenters. The van der Waals surface area contributed by atoms with Crippen molar-refractivity contribution in [3.8, 4) is 22.3 Å². The lowest BCUT2D eigenvalue weighted by molar-refractivity contribution is -0.475. The van der Waals surface area contributed by atoms with E-state index in [9.17, 15) is 0 Å². The first-order chi connectivity index (χ1) is 21.6. The summed E-state index contributed by atoms with van der Waals surface area (Å²) in [6.07, 6.45) is 0. The molecule has 0 fully saturated rings. The van der Waals surface area contributed by atoms with Crippen molar-refractivity contribution in [1.29, 1.82) is 0 Å². The van der Waals surface area contributed by atoms with Crippen LogP contribution < -0.4 is 0 Å². The molecule has 0 unspecified atom stereocenters. The van der Waals surface area contributed by atoms with E-state index >= 15 is 0 Å². The van der Waals surface area contributed by atoms with Crippen LogP contribution in [0.2, 0.25) is 0 Å². The van der Waals surface area contributed by atoms with Crippen LogP contribution in [0.15, 0.2) is 151 Å². The van der Waals surface area contributed by atoms with E-state index in [1.807, 2.05) is 0 Å². The zero-order valence-electron chi connectivity index (χ0n) is 24.7. The van der Waals surface area contributed by atoms with Gasteiger partial charge in [-0.15, -0.1) is 4.68 Å². The number of benzene rings is 6. The van der Waals surface area contributed by atoms with Gasteiger partial charge in [-0.05, 0) is 81.9 Å². The minimum Gasteiger partial charge on any atom is -0.198 e. The summed E-state index contributed by atoms with van der Waals surface area (Å²) in [5.74, 6) is 1.89. The lowest BCUT2D eigenvalue weighted by Gasteiger charge is -2.23. The van der Waals surface area contributed by atoms with Crippen LogP contribution >= 0.6 is 0 Å². The number of fused-ring (bicyclic) bond motifs is 6. The molecule has 6 aromatic carbocycles. The molecule has 0 radical (unpaired) electrons. The number of hydrogen-bond donors (Lipinski definition) is 0. The lowest BCUT2D eigenvalue weighted by atomic mass is 9.82. The number of amidine groups is 2. The summed E-state index contributed by atoms with van der Waals surface area (Å²) in [5, 5.41) is 2.48. The largest absolute Gasteiger partial charge is 0.296 e. The van der Waals surface area contributed by atoms with Gasteiger partial charge >= 0.3 is 0 Å². The maximum Gasteiger partial charge on any atom is 0.296 e. The fourth-order valence-corrected chi connectivity index (χ4v) is 7.21.